The molecule has 1 aliphatic rings. The maximum atomic E-state index is 12.4. The molecule has 2 unspecified atom stereocenters. The van der Waals surface area contributed by atoms with Crippen LogP contribution in [0.1, 0.15) is 42.8 Å². The summed E-state index contributed by atoms with van der Waals surface area (Å²) in [5, 5.41) is 3.16. The summed E-state index contributed by atoms with van der Waals surface area (Å²) in [4.78, 5) is 29.4. The largest absolute Gasteiger partial charge is 0.376 e. The summed E-state index contributed by atoms with van der Waals surface area (Å²) < 4.78 is 11.3. The minimum atomic E-state index is -0.625. The van der Waals surface area contributed by atoms with E-state index in [4.69, 9.17) is 9.47 Å². The van der Waals surface area contributed by atoms with Gasteiger partial charge in [-0.1, -0.05) is 41.7 Å². The van der Waals surface area contributed by atoms with Crippen molar-refractivity contribution in [3.63, 3.8) is 0 Å². The second-order valence-corrected chi connectivity index (χ2v) is 7.57. The molecule has 0 saturated carbocycles. The number of benzene rings is 1. The van der Waals surface area contributed by atoms with Gasteiger partial charge < -0.3 is 9.47 Å². The Morgan fingerprint density at radius 2 is 2.11 bits per heavy atom. The molecule has 2 heterocycles. The zero-order chi connectivity index (χ0) is 19.2. The molecule has 1 saturated heterocycles. The second-order valence-electron chi connectivity index (χ2n) is 6.57. The quantitative estimate of drug-likeness (QED) is 0.727. The molecular weight excluding hydrogens is 364 g/mol. The SMILES string of the molecule is CC(=O)c1sc(NC(=O)C(C)OCC2CCCCO2)nc1-c1ccccc1. The maximum Gasteiger partial charge on any atom is 0.254 e. The van der Waals surface area contributed by atoms with Gasteiger partial charge in [0.15, 0.2) is 10.9 Å². The number of nitrogens with zero attached hydrogens (tertiary/aromatic N) is 1. The highest BCUT2D eigenvalue weighted by molar-refractivity contribution is 7.18. The zero-order valence-corrected chi connectivity index (χ0v) is 16.4. The van der Waals surface area contributed by atoms with Crippen molar-refractivity contribution in [1.82, 2.24) is 4.98 Å². The molecule has 2 atom stereocenters. The lowest BCUT2D eigenvalue weighted by Gasteiger charge is -2.23. The second kappa shape index (κ2) is 9.21. The monoisotopic (exact) mass is 388 g/mol. The van der Waals surface area contributed by atoms with Crippen molar-refractivity contribution in [3.05, 3.63) is 35.2 Å². The molecule has 144 valence electrons. The van der Waals surface area contributed by atoms with Crippen LogP contribution >= 0.6 is 11.3 Å². The third-order valence-corrected chi connectivity index (χ3v) is 5.47. The van der Waals surface area contributed by atoms with Crippen molar-refractivity contribution in [2.45, 2.75) is 45.3 Å². The van der Waals surface area contributed by atoms with Gasteiger partial charge >= 0.3 is 0 Å². The first-order valence-electron chi connectivity index (χ1n) is 9.16. The van der Waals surface area contributed by atoms with Crippen LogP contribution in [0.15, 0.2) is 30.3 Å². The average molecular weight is 388 g/mol. The molecule has 1 aromatic carbocycles. The Balaban J connectivity index is 1.64. The third kappa shape index (κ3) is 5.22. The van der Waals surface area contributed by atoms with Crippen molar-refractivity contribution >= 4 is 28.2 Å². The standard InChI is InChI=1S/C20H24N2O4S/c1-13(23)18-17(15-8-4-3-5-9-15)21-20(27-18)22-19(24)14(2)26-12-16-10-6-7-11-25-16/h3-5,8-9,14,16H,6-7,10-12H2,1-2H3,(H,21,22,24). The predicted molar refractivity (Wildman–Crippen MR) is 105 cm³/mol. The molecule has 7 heteroatoms. The van der Waals surface area contributed by atoms with Crippen LogP contribution in [0.2, 0.25) is 0 Å². The maximum absolute atomic E-state index is 12.4. The van der Waals surface area contributed by atoms with Crippen LogP contribution in [0.25, 0.3) is 11.3 Å². The Morgan fingerprint density at radius 3 is 2.78 bits per heavy atom. The molecule has 1 fully saturated rings. The number of carbonyl (C=O) groups excluding carboxylic acids is 2. The van der Waals surface area contributed by atoms with Gasteiger partial charge in [-0.2, -0.15) is 0 Å². The first kappa shape index (κ1) is 19.7. The summed E-state index contributed by atoms with van der Waals surface area (Å²) in [5.41, 5.74) is 1.44. The van der Waals surface area contributed by atoms with Gasteiger partial charge in [-0.05, 0) is 26.2 Å². The third-order valence-electron chi connectivity index (χ3n) is 4.40. The molecule has 0 spiro atoms. The number of Topliss-reactive ketones (excluding diaryl/α,β-unsaturated/α-hetero) is 1. The van der Waals surface area contributed by atoms with E-state index in [-0.39, 0.29) is 17.8 Å². The number of hydrogen-bond donors (Lipinski definition) is 1. The van der Waals surface area contributed by atoms with Crippen LogP contribution in [0.5, 0.6) is 0 Å². The van der Waals surface area contributed by atoms with Crippen molar-refractivity contribution in [1.29, 1.82) is 0 Å². The summed E-state index contributed by atoms with van der Waals surface area (Å²) >= 11 is 1.18. The zero-order valence-electron chi connectivity index (χ0n) is 15.6. The van der Waals surface area contributed by atoms with E-state index in [1.807, 2.05) is 30.3 Å². The summed E-state index contributed by atoms with van der Waals surface area (Å²) in [6.07, 6.45) is 2.61. The lowest BCUT2D eigenvalue weighted by Crippen LogP contribution is -2.32. The Kier molecular flexibility index (Phi) is 6.71. The number of carbonyl (C=O) groups is 2. The average Bonchev–Trinajstić information content (AvgIpc) is 3.11. The fourth-order valence-corrected chi connectivity index (χ4v) is 3.76. The van der Waals surface area contributed by atoms with Gasteiger partial charge in [0.2, 0.25) is 0 Å². The molecule has 6 nitrogen and oxygen atoms in total. The molecule has 1 amide bonds. The molecule has 1 N–H and O–H groups in total. The van der Waals surface area contributed by atoms with Crippen LogP contribution in [-0.4, -0.2) is 42.1 Å². The Hall–Kier alpha value is -2.09. The molecular formula is C20H24N2O4S. The highest BCUT2D eigenvalue weighted by Gasteiger charge is 2.22. The molecule has 27 heavy (non-hydrogen) atoms. The number of aromatic nitrogens is 1. The molecule has 0 bridgehead atoms. The molecule has 2 aromatic rings. The van der Waals surface area contributed by atoms with Gasteiger partial charge in [-0.15, -0.1) is 0 Å². The molecule has 1 aliphatic heterocycles. The summed E-state index contributed by atoms with van der Waals surface area (Å²) in [6.45, 7) is 4.36. The number of rotatable bonds is 7. The smallest absolute Gasteiger partial charge is 0.254 e. The number of hydrogen-bond acceptors (Lipinski definition) is 6. The molecule has 3 rings (SSSR count). The van der Waals surface area contributed by atoms with Crippen LogP contribution in [0, 0.1) is 0 Å². The summed E-state index contributed by atoms with van der Waals surface area (Å²) in [5.74, 6) is -0.361. The highest BCUT2D eigenvalue weighted by atomic mass is 32.1. The fraction of sp³-hybridized carbons (Fsp3) is 0.450. The van der Waals surface area contributed by atoms with Crippen molar-refractivity contribution in [2.24, 2.45) is 0 Å². The number of amides is 1. The van der Waals surface area contributed by atoms with E-state index in [0.29, 0.717) is 22.3 Å². The molecule has 0 radical (unpaired) electrons. The minimum Gasteiger partial charge on any atom is -0.376 e. The van der Waals surface area contributed by atoms with Crippen LogP contribution in [0.3, 0.4) is 0 Å². The normalized spacial score (nSPS) is 18.1. The van der Waals surface area contributed by atoms with Crippen molar-refractivity contribution < 1.29 is 19.1 Å². The van der Waals surface area contributed by atoms with Gasteiger partial charge in [0.25, 0.3) is 5.91 Å². The highest BCUT2D eigenvalue weighted by Crippen LogP contribution is 2.31. The fourth-order valence-electron chi connectivity index (χ4n) is 2.88. The molecule has 1 aromatic heterocycles. The van der Waals surface area contributed by atoms with E-state index in [1.165, 1.54) is 18.3 Å². The number of anilines is 1. The van der Waals surface area contributed by atoms with E-state index in [1.54, 1.807) is 6.92 Å². The van der Waals surface area contributed by atoms with Crippen LogP contribution < -0.4 is 5.32 Å². The van der Waals surface area contributed by atoms with Crippen molar-refractivity contribution in [2.75, 3.05) is 18.5 Å². The van der Waals surface area contributed by atoms with Gasteiger partial charge in [-0.3, -0.25) is 14.9 Å². The number of nitrogens with one attached hydrogen (secondary N) is 1. The Labute approximate surface area is 162 Å². The Morgan fingerprint density at radius 1 is 1.33 bits per heavy atom. The summed E-state index contributed by atoms with van der Waals surface area (Å²) in [7, 11) is 0. The topological polar surface area (TPSA) is 77.5 Å². The number of ether oxygens (including phenoxy) is 2. The van der Waals surface area contributed by atoms with E-state index in [2.05, 4.69) is 10.3 Å². The number of ketones is 1. The van der Waals surface area contributed by atoms with Gasteiger partial charge in [0.05, 0.1) is 23.3 Å². The lowest BCUT2D eigenvalue weighted by molar-refractivity contribution is -0.130. The lowest BCUT2D eigenvalue weighted by atomic mass is 10.1. The van der Waals surface area contributed by atoms with E-state index < -0.39 is 6.10 Å². The molecule has 0 aliphatic carbocycles. The van der Waals surface area contributed by atoms with E-state index in [0.717, 1.165) is 31.4 Å². The summed E-state index contributed by atoms with van der Waals surface area (Å²) in [6, 6.07) is 9.47. The van der Waals surface area contributed by atoms with E-state index >= 15 is 0 Å². The van der Waals surface area contributed by atoms with Crippen LogP contribution in [0.4, 0.5) is 5.13 Å². The first-order valence-corrected chi connectivity index (χ1v) is 9.97. The first-order chi connectivity index (χ1) is 13.0. The van der Waals surface area contributed by atoms with Gasteiger partial charge in [-0.25, -0.2) is 4.98 Å². The van der Waals surface area contributed by atoms with Gasteiger partial charge in [0, 0.05) is 19.1 Å². The van der Waals surface area contributed by atoms with Crippen LogP contribution in [-0.2, 0) is 14.3 Å². The predicted octanol–water partition coefficient (Wildman–Crippen LogP) is 3.93. The van der Waals surface area contributed by atoms with Crippen molar-refractivity contribution in [3.8, 4) is 11.3 Å². The van der Waals surface area contributed by atoms with Gasteiger partial charge in [0.1, 0.15) is 6.10 Å². The van der Waals surface area contributed by atoms with E-state index in [9.17, 15) is 9.59 Å². The Bertz CT molecular complexity index is 785. The number of thiazole rings is 1. The minimum absolute atomic E-state index is 0.0582.